The summed E-state index contributed by atoms with van der Waals surface area (Å²) < 4.78 is 0. The molecule has 112 valence electrons. The van der Waals surface area contributed by atoms with Crippen molar-refractivity contribution >= 4 is 22.6 Å². The minimum atomic E-state index is 0.168. The van der Waals surface area contributed by atoms with E-state index in [4.69, 9.17) is 0 Å². The molecule has 5 heteroatoms. The van der Waals surface area contributed by atoms with Crippen LogP contribution in [0.1, 0.15) is 20.3 Å². The van der Waals surface area contributed by atoms with E-state index in [2.05, 4.69) is 41.0 Å². The molecule has 1 aliphatic rings. The summed E-state index contributed by atoms with van der Waals surface area (Å²) in [5, 5.41) is 1.13. The van der Waals surface area contributed by atoms with Crippen molar-refractivity contribution in [1.82, 2.24) is 14.9 Å². The van der Waals surface area contributed by atoms with E-state index in [-0.39, 0.29) is 5.91 Å². The van der Waals surface area contributed by atoms with Crippen LogP contribution in [-0.4, -0.2) is 47.0 Å². The molecule has 1 aliphatic heterocycles. The molecule has 1 fully saturated rings. The Morgan fingerprint density at radius 1 is 1.48 bits per heavy atom. The second kappa shape index (κ2) is 5.39. The molecule has 3 heterocycles. The van der Waals surface area contributed by atoms with E-state index in [1.807, 2.05) is 17.3 Å². The molecule has 2 atom stereocenters. The molecule has 0 bridgehead atoms. The average molecular weight is 286 g/mol. The molecule has 0 radical (unpaired) electrons. The molecule has 0 spiro atoms. The van der Waals surface area contributed by atoms with Crippen LogP contribution in [0.5, 0.6) is 0 Å². The standard InChI is InChI=1S/C16H22N4O/c1-11-6-9-20(12(2)21)10-15(11)19(3)14-5-8-18-16-13(14)4-7-17-16/h4-5,7-8,11,15H,6,9-10H2,1-3H3,(H,17,18)/t11-,15+/m1/s1. The van der Waals surface area contributed by atoms with Crippen LogP contribution >= 0.6 is 0 Å². The third-order valence-electron chi connectivity index (χ3n) is 4.68. The molecule has 0 unspecified atom stereocenters. The molecule has 2 aromatic rings. The molecule has 21 heavy (non-hydrogen) atoms. The summed E-state index contributed by atoms with van der Waals surface area (Å²) in [6.07, 6.45) is 4.80. The molecular weight excluding hydrogens is 264 g/mol. The Hall–Kier alpha value is -2.04. The van der Waals surface area contributed by atoms with Gasteiger partial charge in [0.05, 0.1) is 0 Å². The SMILES string of the molecule is CC(=O)N1CC[C@@H](C)[C@@H](N(C)c2ccnc3[nH]ccc23)C1. The fourth-order valence-electron chi connectivity index (χ4n) is 3.27. The van der Waals surface area contributed by atoms with Gasteiger partial charge in [0.15, 0.2) is 0 Å². The average Bonchev–Trinajstić information content (AvgIpc) is 2.95. The number of aromatic amines is 1. The van der Waals surface area contributed by atoms with E-state index in [9.17, 15) is 4.79 Å². The number of amides is 1. The summed E-state index contributed by atoms with van der Waals surface area (Å²) >= 11 is 0. The number of likely N-dealkylation sites (tertiary alicyclic amines) is 1. The van der Waals surface area contributed by atoms with Crippen LogP contribution in [0.15, 0.2) is 24.5 Å². The van der Waals surface area contributed by atoms with Gasteiger partial charge in [-0.2, -0.15) is 0 Å². The van der Waals surface area contributed by atoms with Crippen molar-refractivity contribution in [2.45, 2.75) is 26.3 Å². The number of nitrogens with one attached hydrogen (secondary N) is 1. The van der Waals surface area contributed by atoms with Crippen molar-refractivity contribution in [2.24, 2.45) is 5.92 Å². The van der Waals surface area contributed by atoms with Crippen LogP contribution in [0.4, 0.5) is 5.69 Å². The molecule has 1 amide bonds. The summed E-state index contributed by atoms with van der Waals surface area (Å²) in [6.45, 7) is 5.59. The van der Waals surface area contributed by atoms with Crippen LogP contribution in [0.25, 0.3) is 11.0 Å². The number of piperidine rings is 1. The zero-order valence-electron chi connectivity index (χ0n) is 12.8. The van der Waals surface area contributed by atoms with Crippen LogP contribution in [0.2, 0.25) is 0 Å². The summed E-state index contributed by atoms with van der Waals surface area (Å²) in [6, 6.07) is 4.45. The first-order chi connectivity index (χ1) is 10.1. The summed E-state index contributed by atoms with van der Waals surface area (Å²) in [7, 11) is 2.12. The predicted molar refractivity (Wildman–Crippen MR) is 84.3 cm³/mol. The first-order valence-electron chi connectivity index (χ1n) is 7.48. The minimum Gasteiger partial charge on any atom is -0.369 e. The van der Waals surface area contributed by atoms with Gasteiger partial charge in [-0.25, -0.2) is 4.98 Å². The smallest absolute Gasteiger partial charge is 0.219 e. The number of carbonyl (C=O) groups is 1. The zero-order valence-corrected chi connectivity index (χ0v) is 12.8. The number of H-pyrrole nitrogens is 1. The number of nitrogens with zero attached hydrogens (tertiary/aromatic N) is 3. The predicted octanol–water partition coefficient (Wildman–Crippen LogP) is 2.26. The van der Waals surface area contributed by atoms with E-state index in [0.29, 0.717) is 12.0 Å². The number of pyridine rings is 1. The molecule has 3 rings (SSSR count). The number of hydrogen-bond donors (Lipinski definition) is 1. The number of carbonyl (C=O) groups excluding carboxylic acids is 1. The minimum absolute atomic E-state index is 0.168. The lowest BCUT2D eigenvalue weighted by molar-refractivity contribution is -0.130. The van der Waals surface area contributed by atoms with Crippen molar-refractivity contribution in [2.75, 3.05) is 25.0 Å². The Labute approximate surface area is 125 Å². The lowest BCUT2D eigenvalue weighted by Crippen LogP contribution is -2.52. The maximum Gasteiger partial charge on any atom is 0.219 e. The van der Waals surface area contributed by atoms with Crippen LogP contribution in [0.3, 0.4) is 0 Å². The van der Waals surface area contributed by atoms with Gasteiger partial charge in [0.2, 0.25) is 5.91 Å². The van der Waals surface area contributed by atoms with E-state index in [1.165, 1.54) is 5.69 Å². The molecular formula is C16H22N4O. The quantitative estimate of drug-likeness (QED) is 0.921. The van der Waals surface area contributed by atoms with Crippen LogP contribution < -0.4 is 4.90 Å². The second-order valence-corrected chi connectivity index (χ2v) is 5.98. The van der Waals surface area contributed by atoms with Gasteiger partial charge >= 0.3 is 0 Å². The van der Waals surface area contributed by atoms with E-state index >= 15 is 0 Å². The molecule has 2 aromatic heterocycles. The normalized spacial score (nSPS) is 22.5. The number of likely N-dealkylation sites (N-methyl/N-ethyl adjacent to an activating group) is 1. The van der Waals surface area contributed by atoms with Crippen molar-refractivity contribution < 1.29 is 4.79 Å². The highest BCUT2D eigenvalue weighted by Crippen LogP contribution is 2.30. The van der Waals surface area contributed by atoms with Gasteiger partial charge in [-0.05, 0) is 24.5 Å². The first kappa shape index (κ1) is 13.9. The molecule has 5 nitrogen and oxygen atoms in total. The third kappa shape index (κ3) is 2.48. The summed E-state index contributed by atoms with van der Waals surface area (Å²) in [5.41, 5.74) is 2.08. The van der Waals surface area contributed by atoms with Gasteiger partial charge in [-0.1, -0.05) is 6.92 Å². The fourth-order valence-corrected chi connectivity index (χ4v) is 3.27. The van der Waals surface area contributed by atoms with Gasteiger partial charge in [0.25, 0.3) is 0 Å². The Morgan fingerprint density at radius 3 is 3.05 bits per heavy atom. The maximum absolute atomic E-state index is 11.7. The van der Waals surface area contributed by atoms with Crippen molar-refractivity contribution in [1.29, 1.82) is 0 Å². The van der Waals surface area contributed by atoms with Gasteiger partial charge in [0.1, 0.15) is 5.65 Å². The summed E-state index contributed by atoms with van der Waals surface area (Å²) in [5.74, 6) is 0.731. The van der Waals surface area contributed by atoms with E-state index in [1.54, 1.807) is 6.92 Å². The fraction of sp³-hybridized carbons (Fsp3) is 0.500. The number of hydrogen-bond acceptors (Lipinski definition) is 3. The number of fused-ring (bicyclic) bond motifs is 1. The third-order valence-corrected chi connectivity index (χ3v) is 4.68. The van der Waals surface area contributed by atoms with Crippen LogP contribution in [0, 0.1) is 5.92 Å². The molecule has 1 N–H and O–H groups in total. The Kier molecular flexibility index (Phi) is 3.57. The van der Waals surface area contributed by atoms with E-state index < -0.39 is 0 Å². The molecule has 1 saturated heterocycles. The topological polar surface area (TPSA) is 52.2 Å². The highest BCUT2D eigenvalue weighted by atomic mass is 16.2. The summed E-state index contributed by atoms with van der Waals surface area (Å²) in [4.78, 5) is 23.4. The highest BCUT2D eigenvalue weighted by molar-refractivity contribution is 5.89. The number of anilines is 1. The van der Waals surface area contributed by atoms with Crippen molar-refractivity contribution in [3.63, 3.8) is 0 Å². The Bertz CT molecular complexity index is 651. The monoisotopic (exact) mass is 286 g/mol. The highest BCUT2D eigenvalue weighted by Gasteiger charge is 2.31. The Balaban J connectivity index is 1.91. The van der Waals surface area contributed by atoms with Crippen LogP contribution in [-0.2, 0) is 4.79 Å². The van der Waals surface area contributed by atoms with Crippen molar-refractivity contribution in [3.05, 3.63) is 24.5 Å². The van der Waals surface area contributed by atoms with Gasteiger partial charge in [-0.3, -0.25) is 4.79 Å². The van der Waals surface area contributed by atoms with Gasteiger partial charge < -0.3 is 14.8 Å². The van der Waals surface area contributed by atoms with Gasteiger partial charge in [-0.15, -0.1) is 0 Å². The van der Waals surface area contributed by atoms with E-state index in [0.717, 1.165) is 30.5 Å². The second-order valence-electron chi connectivity index (χ2n) is 5.98. The van der Waals surface area contributed by atoms with Crippen molar-refractivity contribution in [3.8, 4) is 0 Å². The first-order valence-corrected chi connectivity index (χ1v) is 7.48. The lowest BCUT2D eigenvalue weighted by atomic mass is 9.92. The molecule has 0 aromatic carbocycles. The van der Waals surface area contributed by atoms with Gasteiger partial charge in [0, 0.05) is 56.6 Å². The maximum atomic E-state index is 11.7. The Morgan fingerprint density at radius 2 is 2.29 bits per heavy atom. The largest absolute Gasteiger partial charge is 0.369 e. The molecule has 0 aliphatic carbocycles. The zero-order chi connectivity index (χ0) is 15.0. The molecule has 0 saturated carbocycles. The lowest BCUT2D eigenvalue weighted by Gasteiger charge is -2.42. The number of rotatable bonds is 2. The number of aromatic nitrogens is 2.